The van der Waals surface area contributed by atoms with Crippen molar-refractivity contribution in [3.05, 3.63) is 45.8 Å². The zero-order valence-corrected chi connectivity index (χ0v) is 17.2. The summed E-state index contributed by atoms with van der Waals surface area (Å²) in [5.74, 6) is -0.148. The van der Waals surface area contributed by atoms with Gasteiger partial charge in [0.1, 0.15) is 5.00 Å². The summed E-state index contributed by atoms with van der Waals surface area (Å²) in [5.41, 5.74) is 3.66. The molecule has 0 radical (unpaired) electrons. The van der Waals surface area contributed by atoms with Crippen LogP contribution in [0.5, 0.6) is 0 Å². The molecule has 0 atom stereocenters. The highest BCUT2D eigenvalue weighted by Crippen LogP contribution is 2.39. The highest BCUT2D eigenvalue weighted by atomic mass is 32.1. The minimum Gasteiger partial charge on any atom is -0.322 e. The molecule has 2 N–H and O–H groups in total. The Labute approximate surface area is 170 Å². The first-order chi connectivity index (χ1) is 13.6. The van der Waals surface area contributed by atoms with Crippen molar-refractivity contribution in [2.24, 2.45) is 0 Å². The van der Waals surface area contributed by atoms with Crippen LogP contribution in [0.3, 0.4) is 0 Å². The molecule has 0 saturated carbocycles. The monoisotopic (exact) mass is 397 g/mol. The lowest BCUT2D eigenvalue weighted by molar-refractivity contribution is -0.117. The van der Waals surface area contributed by atoms with Gasteiger partial charge >= 0.3 is 0 Å². The summed E-state index contributed by atoms with van der Waals surface area (Å²) < 4.78 is 0. The third kappa shape index (κ3) is 4.28. The fourth-order valence-electron chi connectivity index (χ4n) is 4.14. The van der Waals surface area contributed by atoms with E-state index in [4.69, 9.17) is 0 Å². The van der Waals surface area contributed by atoms with Gasteiger partial charge < -0.3 is 10.6 Å². The number of anilines is 2. The summed E-state index contributed by atoms with van der Waals surface area (Å²) in [6, 6.07) is 7.79. The molecular weight excluding hydrogens is 370 g/mol. The minimum atomic E-state index is -0.127. The van der Waals surface area contributed by atoms with Gasteiger partial charge in [-0.15, -0.1) is 11.3 Å². The van der Waals surface area contributed by atoms with E-state index in [2.05, 4.69) is 15.5 Å². The molecule has 2 amide bonds. The number of rotatable bonds is 5. The number of thiophene rings is 1. The predicted octanol–water partition coefficient (Wildman–Crippen LogP) is 4.22. The summed E-state index contributed by atoms with van der Waals surface area (Å²) in [7, 11) is 0. The van der Waals surface area contributed by atoms with E-state index in [9.17, 15) is 9.59 Å². The molecule has 1 aromatic heterocycles. The lowest BCUT2D eigenvalue weighted by Crippen LogP contribution is -2.37. The number of piperidine rings is 1. The number of fused-ring (bicyclic) bond motifs is 1. The first-order valence-corrected chi connectivity index (χ1v) is 11.0. The average Bonchev–Trinajstić information content (AvgIpc) is 3.23. The first-order valence-electron chi connectivity index (χ1n) is 10.1. The smallest absolute Gasteiger partial charge is 0.258 e. The third-order valence-electron chi connectivity index (χ3n) is 5.49. The van der Waals surface area contributed by atoms with Crippen LogP contribution in [0.25, 0.3) is 0 Å². The molecule has 2 heterocycles. The van der Waals surface area contributed by atoms with Gasteiger partial charge in [-0.1, -0.05) is 18.6 Å². The number of amides is 2. The Kier molecular flexibility index (Phi) is 5.78. The van der Waals surface area contributed by atoms with E-state index in [1.165, 1.54) is 11.3 Å². The van der Waals surface area contributed by atoms with Crippen LogP contribution in [0.2, 0.25) is 0 Å². The Balaban J connectivity index is 1.51. The first kappa shape index (κ1) is 19.2. The molecule has 5 nitrogen and oxygen atoms in total. The molecule has 1 fully saturated rings. The van der Waals surface area contributed by atoms with E-state index >= 15 is 0 Å². The van der Waals surface area contributed by atoms with E-state index in [1.807, 2.05) is 31.2 Å². The molecule has 6 heteroatoms. The number of aryl methyl sites for hydroxylation is 2. The Morgan fingerprint density at radius 1 is 1.07 bits per heavy atom. The van der Waals surface area contributed by atoms with Gasteiger partial charge in [0, 0.05) is 10.6 Å². The van der Waals surface area contributed by atoms with Crippen molar-refractivity contribution in [2.45, 2.75) is 45.4 Å². The number of carbonyl (C=O) groups is 2. The van der Waals surface area contributed by atoms with Crippen LogP contribution in [0, 0.1) is 6.92 Å². The van der Waals surface area contributed by atoms with Crippen LogP contribution in [0.1, 0.15) is 52.0 Å². The van der Waals surface area contributed by atoms with Gasteiger partial charge in [-0.2, -0.15) is 0 Å². The molecule has 1 saturated heterocycles. The molecule has 0 spiro atoms. The highest BCUT2D eigenvalue weighted by Gasteiger charge is 2.28. The van der Waals surface area contributed by atoms with Crippen molar-refractivity contribution in [3.63, 3.8) is 0 Å². The molecule has 1 aliphatic heterocycles. The molecule has 0 bridgehead atoms. The van der Waals surface area contributed by atoms with E-state index in [0.29, 0.717) is 17.1 Å². The van der Waals surface area contributed by atoms with Gasteiger partial charge in [0.2, 0.25) is 5.91 Å². The summed E-state index contributed by atoms with van der Waals surface area (Å²) in [6.07, 6.45) is 6.54. The fraction of sp³-hybridized carbons (Fsp3) is 0.455. The zero-order valence-electron chi connectivity index (χ0n) is 16.3. The highest BCUT2D eigenvalue weighted by molar-refractivity contribution is 7.17. The van der Waals surface area contributed by atoms with Crippen LogP contribution in [0.4, 0.5) is 10.7 Å². The number of likely N-dealkylation sites (tertiary alicyclic amines) is 1. The number of nitrogens with zero attached hydrogens (tertiary/aromatic N) is 1. The number of nitrogens with one attached hydrogen (secondary N) is 2. The lowest BCUT2D eigenvalue weighted by Gasteiger charge is -2.25. The van der Waals surface area contributed by atoms with Crippen LogP contribution < -0.4 is 10.6 Å². The quantitative estimate of drug-likeness (QED) is 0.794. The number of benzene rings is 1. The minimum absolute atomic E-state index is 0.0218. The molecular formula is C22H27N3O2S. The normalized spacial score (nSPS) is 16.6. The largest absolute Gasteiger partial charge is 0.322 e. The second-order valence-electron chi connectivity index (χ2n) is 7.77. The van der Waals surface area contributed by atoms with Crippen LogP contribution in [-0.4, -0.2) is 36.3 Å². The maximum atomic E-state index is 13.1. The summed E-state index contributed by atoms with van der Waals surface area (Å²) in [4.78, 5) is 29.1. The summed E-state index contributed by atoms with van der Waals surface area (Å²) >= 11 is 1.57. The van der Waals surface area contributed by atoms with E-state index < -0.39 is 0 Å². The lowest BCUT2D eigenvalue weighted by atomic mass is 10.1. The van der Waals surface area contributed by atoms with Crippen molar-refractivity contribution in [3.8, 4) is 0 Å². The Hall–Kier alpha value is -2.18. The molecule has 28 heavy (non-hydrogen) atoms. The Morgan fingerprint density at radius 2 is 1.89 bits per heavy atom. The van der Waals surface area contributed by atoms with Crippen molar-refractivity contribution < 1.29 is 9.59 Å². The van der Waals surface area contributed by atoms with Crippen molar-refractivity contribution in [1.29, 1.82) is 0 Å². The van der Waals surface area contributed by atoms with Gasteiger partial charge in [-0.05, 0) is 75.4 Å². The third-order valence-corrected chi connectivity index (χ3v) is 6.70. The van der Waals surface area contributed by atoms with Gasteiger partial charge in [0.05, 0.1) is 12.1 Å². The topological polar surface area (TPSA) is 61.4 Å². The van der Waals surface area contributed by atoms with Gasteiger partial charge in [0.15, 0.2) is 0 Å². The molecule has 2 aliphatic rings. The van der Waals surface area contributed by atoms with Crippen molar-refractivity contribution in [2.75, 3.05) is 30.3 Å². The Bertz CT molecular complexity index is 884. The maximum absolute atomic E-state index is 13.1. The number of hydrogen-bond donors (Lipinski definition) is 2. The zero-order chi connectivity index (χ0) is 19.5. The summed E-state index contributed by atoms with van der Waals surface area (Å²) in [6.45, 7) is 4.37. The SMILES string of the molecule is Cc1cccc(NC(=O)c2c(NC(=O)CN3CCCCC3)sc3c2CCC3)c1. The molecule has 1 aliphatic carbocycles. The predicted molar refractivity (Wildman–Crippen MR) is 114 cm³/mol. The molecule has 0 unspecified atom stereocenters. The molecule has 148 valence electrons. The van der Waals surface area contributed by atoms with Crippen molar-refractivity contribution in [1.82, 2.24) is 4.90 Å². The van der Waals surface area contributed by atoms with E-state index in [-0.39, 0.29) is 11.8 Å². The van der Waals surface area contributed by atoms with Gasteiger partial charge in [-0.3, -0.25) is 14.5 Å². The van der Waals surface area contributed by atoms with Crippen LogP contribution in [-0.2, 0) is 17.6 Å². The maximum Gasteiger partial charge on any atom is 0.258 e. The molecule has 4 rings (SSSR count). The molecule has 1 aromatic carbocycles. The van der Waals surface area contributed by atoms with Crippen LogP contribution in [0.15, 0.2) is 24.3 Å². The Morgan fingerprint density at radius 3 is 2.68 bits per heavy atom. The molecule has 2 aromatic rings. The van der Waals surface area contributed by atoms with Crippen LogP contribution >= 0.6 is 11.3 Å². The van der Waals surface area contributed by atoms with E-state index in [1.54, 1.807) is 11.3 Å². The van der Waals surface area contributed by atoms with E-state index in [0.717, 1.165) is 62.0 Å². The average molecular weight is 398 g/mol. The fourth-order valence-corrected chi connectivity index (χ4v) is 5.44. The van der Waals surface area contributed by atoms with Gasteiger partial charge in [-0.25, -0.2) is 0 Å². The van der Waals surface area contributed by atoms with Crippen molar-refractivity contribution >= 4 is 33.8 Å². The number of carbonyl (C=O) groups excluding carboxylic acids is 2. The second-order valence-corrected chi connectivity index (χ2v) is 8.88. The standard InChI is InChI=1S/C22H27N3O2S/c1-15-7-5-8-16(13-15)23-21(27)20-17-9-6-10-18(17)28-22(20)24-19(26)14-25-11-3-2-4-12-25/h5,7-8,13H,2-4,6,9-12,14H2,1H3,(H,23,27)(H,24,26). The summed E-state index contributed by atoms with van der Waals surface area (Å²) in [5, 5.41) is 6.76. The number of hydrogen-bond acceptors (Lipinski definition) is 4. The van der Waals surface area contributed by atoms with Gasteiger partial charge in [0.25, 0.3) is 5.91 Å². The second kappa shape index (κ2) is 8.45.